The Morgan fingerprint density at radius 1 is 1.24 bits per heavy atom. The first kappa shape index (κ1) is 16.6. The third-order valence-corrected chi connectivity index (χ3v) is 5.08. The summed E-state index contributed by atoms with van der Waals surface area (Å²) < 4.78 is 0. The van der Waals surface area contributed by atoms with Gasteiger partial charge in [0.25, 0.3) is 0 Å². The average Bonchev–Trinajstić information content (AvgIpc) is 3.00. The summed E-state index contributed by atoms with van der Waals surface area (Å²) in [6, 6.07) is 0. The summed E-state index contributed by atoms with van der Waals surface area (Å²) in [5.74, 6) is 1.10. The minimum atomic E-state index is 0.254. The second kappa shape index (κ2) is 6.55. The van der Waals surface area contributed by atoms with Crippen LogP contribution in [0.4, 0.5) is 0 Å². The molecule has 0 amide bonds. The van der Waals surface area contributed by atoms with E-state index in [1.165, 1.54) is 45.2 Å². The first-order chi connectivity index (χ1) is 9.86. The highest BCUT2D eigenvalue weighted by molar-refractivity contribution is 5.80. The lowest BCUT2D eigenvalue weighted by molar-refractivity contribution is 0.238. The first-order valence-corrected chi connectivity index (χ1v) is 8.46. The molecule has 0 unspecified atom stereocenters. The highest BCUT2D eigenvalue weighted by atomic mass is 15.3. The van der Waals surface area contributed by atoms with Crippen molar-refractivity contribution in [1.29, 1.82) is 0 Å². The predicted octanol–water partition coefficient (Wildman–Crippen LogP) is 2.42. The van der Waals surface area contributed by atoms with Gasteiger partial charge in [0.15, 0.2) is 5.96 Å². The lowest BCUT2D eigenvalue weighted by Crippen LogP contribution is -2.46. The van der Waals surface area contributed by atoms with Gasteiger partial charge >= 0.3 is 0 Å². The van der Waals surface area contributed by atoms with E-state index in [1.54, 1.807) is 0 Å². The predicted molar refractivity (Wildman–Crippen MR) is 90.8 cm³/mol. The van der Waals surface area contributed by atoms with Gasteiger partial charge in [-0.25, -0.2) is 0 Å². The largest absolute Gasteiger partial charge is 0.356 e. The lowest BCUT2D eigenvalue weighted by Gasteiger charge is -2.31. The van der Waals surface area contributed by atoms with Gasteiger partial charge in [0.05, 0.1) is 0 Å². The van der Waals surface area contributed by atoms with Crippen molar-refractivity contribution >= 4 is 5.96 Å². The number of hydrogen-bond donors (Lipinski definition) is 1. The van der Waals surface area contributed by atoms with Crippen LogP contribution in [0.15, 0.2) is 4.99 Å². The van der Waals surface area contributed by atoms with Crippen LogP contribution in [0.25, 0.3) is 0 Å². The van der Waals surface area contributed by atoms with Gasteiger partial charge in [-0.15, -0.1) is 0 Å². The molecule has 1 heterocycles. The number of rotatable bonds is 4. The topological polar surface area (TPSA) is 30.9 Å². The summed E-state index contributed by atoms with van der Waals surface area (Å²) >= 11 is 0. The zero-order valence-electron chi connectivity index (χ0n) is 14.7. The third-order valence-electron chi connectivity index (χ3n) is 5.08. The molecule has 4 heteroatoms. The van der Waals surface area contributed by atoms with E-state index >= 15 is 0 Å². The molecule has 0 bridgehead atoms. The van der Waals surface area contributed by atoms with Crippen LogP contribution in [-0.2, 0) is 0 Å². The van der Waals surface area contributed by atoms with Gasteiger partial charge in [-0.1, -0.05) is 26.7 Å². The molecule has 2 rings (SSSR count). The SMILES string of the molecule is CN=C(NCC(C)(C)CN(C)C)N1CCC2(CCCC2)C1. The van der Waals surface area contributed by atoms with Crippen LogP contribution in [-0.4, -0.2) is 63.1 Å². The van der Waals surface area contributed by atoms with Crippen molar-refractivity contribution in [1.82, 2.24) is 15.1 Å². The molecule has 0 radical (unpaired) electrons. The number of guanidine groups is 1. The molecule has 0 aromatic heterocycles. The number of aliphatic imine (C=N–C) groups is 1. The summed E-state index contributed by atoms with van der Waals surface area (Å²) in [6.45, 7) is 9.07. The van der Waals surface area contributed by atoms with Crippen molar-refractivity contribution in [3.63, 3.8) is 0 Å². The van der Waals surface area contributed by atoms with Gasteiger partial charge in [-0.3, -0.25) is 4.99 Å². The van der Waals surface area contributed by atoms with Crippen LogP contribution in [0.3, 0.4) is 0 Å². The van der Waals surface area contributed by atoms with Crippen molar-refractivity contribution in [2.45, 2.75) is 46.0 Å². The smallest absolute Gasteiger partial charge is 0.193 e. The van der Waals surface area contributed by atoms with Crippen LogP contribution in [0.1, 0.15) is 46.0 Å². The summed E-state index contributed by atoms with van der Waals surface area (Å²) in [5.41, 5.74) is 0.862. The van der Waals surface area contributed by atoms with Crippen molar-refractivity contribution in [2.24, 2.45) is 15.8 Å². The Labute approximate surface area is 131 Å². The number of hydrogen-bond acceptors (Lipinski definition) is 2. The van der Waals surface area contributed by atoms with Gasteiger partial charge in [-0.05, 0) is 44.2 Å². The molecule has 1 aliphatic carbocycles. The molecule has 1 aliphatic heterocycles. The second-order valence-electron chi connectivity index (χ2n) is 8.18. The van der Waals surface area contributed by atoms with Crippen molar-refractivity contribution in [2.75, 3.05) is 47.3 Å². The fourth-order valence-electron chi connectivity index (χ4n) is 4.21. The molecule has 122 valence electrons. The molecule has 1 saturated carbocycles. The number of likely N-dealkylation sites (tertiary alicyclic amines) is 1. The Morgan fingerprint density at radius 2 is 1.90 bits per heavy atom. The molecule has 21 heavy (non-hydrogen) atoms. The summed E-state index contributed by atoms with van der Waals surface area (Å²) in [7, 11) is 6.20. The third kappa shape index (κ3) is 4.35. The summed E-state index contributed by atoms with van der Waals surface area (Å²) in [5, 5.41) is 3.61. The monoisotopic (exact) mass is 294 g/mol. The highest BCUT2D eigenvalue weighted by Crippen LogP contribution is 2.45. The molecule has 2 fully saturated rings. The Morgan fingerprint density at radius 3 is 2.48 bits per heavy atom. The van der Waals surface area contributed by atoms with E-state index in [9.17, 15) is 0 Å². The van der Waals surface area contributed by atoms with Crippen molar-refractivity contribution in [3.8, 4) is 0 Å². The Bertz CT molecular complexity index is 367. The minimum absolute atomic E-state index is 0.254. The van der Waals surface area contributed by atoms with E-state index in [0.717, 1.165) is 19.0 Å². The Hall–Kier alpha value is -0.770. The molecule has 0 aromatic rings. The van der Waals surface area contributed by atoms with E-state index in [4.69, 9.17) is 0 Å². The quantitative estimate of drug-likeness (QED) is 0.638. The fraction of sp³-hybridized carbons (Fsp3) is 0.941. The lowest BCUT2D eigenvalue weighted by atomic mass is 9.86. The summed E-state index contributed by atoms with van der Waals surface area (Å²) in [4.78, 5) is 9.27. The molecule has 2 aliphatic rings. The normalized spacial score (nSPS) is 22.6. The van der Waals surface area contributed by atoms with Crippen LogP contribution >= 0.6 is 0 Å². The molecule has 4 nitrogen and oxygen atoms in total. The van der Waals surface area contributed by atoms with Crippen LogP contribution in [0, 0.1) is 10.8 Å². The molecule has 1 N–H and O–H groups in total. The molecular formula is C17H34N4. The average molecular weight is 294 g/mol. The van der Waals surface area contributed by atoms with E-state index in [-0.39, 0.29) is 5.41 Å². The van der Waals surface area contributed by atoms with E-state index in [2.05, 4.69) is 48.1 Å². The Balaban J connectivity index is 1.87. The maximum Gasteiger partial charge on any atom is 0.193 e. The van der Waals surface area contributed by atoms with Crippen LogP contribution < -0.4 is 5.32 Å². The van der Waals surface area contributed by atoms with Gasteiger partial charge in [0.2, 0.25) is 0 Å². The van der Waals surface area contributed by atoms with Crippen molar-refractivity contribution < 1.29 is 0 Å². The van der Waals surface area contributed by atoms with E-state index in [0.29, 0.717) is 5.41 Å². The number of nitrogens with one attached hydrogen (secondary N) is 1. The Kier molecular flexibility index (Phi) is 5.18. The van der Waals surface area contributed by atoms with Crippen molar-refractivity contribution in [3.05, 3.63) is 0 Å². The second-order valence-corrected chi connectivity index (χ2v) is 8.18. The van der Waals surface area contributed by atoms with Crippen LogP contribution in [0.5, 0.6) is 0 Å². The minimum Gasteiger partial charge on any atom is -0.356 e. The van der Waals surface area contributed by atoms with Crippen LogP contribution in [0.2, 0.25) is 0 Å². The molecule has 1 saturated heterocycles. The first-order valence-electron chi connectivity index (χ1n) is 8.46. The zero-order valence-corrected chi connectivity index (χ0v) is 14.7. The number of nitrogens with zero attached hydrogens (tertiary/aromatic N) is 3. The maximum atomic E-state index is 4.52. The molecular weight excluding hydrogens is 260 g/mol. The van der Waals surface area contributed by atoms with E-state index in [1.807, 2.05) is 7.05 Å². The van der Waals surface area contributed by atoms with E-state index < -0.39 is 0 Å². The molecule has 0 aromatic carbocycles. The van der Waals surface area contributed by atoms with Gasteiger partial charge in [0.1, 0.15) is 0 Å². The molecule has 1 spiro atoms. The van der Waals surface area contributed by atoms with Gasteiger partial charge < -0.3 is 15.1 Å². The highest BCUT2D eigenvalue weighted by Gasteiger charge is 2.41. The standard InChI is InChI=1S/C17H34N4/c1-16(2,13-20(4)5)12-19-15(18-3)21-11-10-17(14-21)8-6-7-9-17/h6-14H2,1-5H3,(H,18,19). The maximum absolute atomic E-state index is 4.52. The van der Waals surface area contributed by atoms with Gasteiger partial charge in [0, 0.05) is 33.2 Å². The zero-order chi connectivity index (χ0) is 15.5. The van der Waals surface area contributed by atoms with Gasteiger partial charge in [-0.2, -0.15) is 0 Å². The fourth-order valence-corrected chi connectivity index (χ4v) is 4.21. The molecule has 0 atom stereocenters. The summed E-state index contributed by atoms with van der Waals surface area (Å²) in [6.07, 6.45) is 7.06.